The van der Waals surface area contributed by atoms with Crippen molar-refractivity contribution in [2.75, 3.05) is 12.5 Å². The Morgan fingerprint density at radius 1 is 0.750 bits per heavy atom. The van der Waals surface area contributed by atoms with Gasteiger partial charge in [0.2, 0.25) is 0 Å². The molecule has 0 N–H and O–H groups in total. The molecule has 0 unspecified atom stereocenters. The summed E-state index contributed by atoms with van der Waals surface area (Å²) >= 11 is 1.82. The summed E-state index contributed by atoms with van der Waals surface area (Å²) in [5.41, 5.74) is 0. The van der Waals surface area contributed by atoms with E-state index in [0.717, 1.165) is 0 Å². The Morgan fingerprint density at radius 2 is 1.31 bits per heavy atom. The Bertz CT molecular complexity index is 432. The first kappa shape index (κ1) is 11.6. The molecule has 2 rings (SSSR count). The van der Waals surface area contributed by atoms with Gasteiger partial charge in [0.25, 0.3) is 0 Å². The Balaban J connectivity index is 2.11. The van der Waals surface area contributed by atoms with Crippen LogP contribution in [0.5, 0.6) is 0 Å². The zero-order valence-electron chi connectivity index (χ0n) is 9.55. The van der Waals surface area contributed by atoms with E-state index in [1.165, 1.54) is 14.7 Å². The van der Waals surface area contributed by atoms with Crippen LogP contribution in [-0.4, -0.2) is 12.5 Å². The summed E-state index contributed by atoms with van der Waals surface area (Å²) in [5.74, 6) is 0. The topological polar surface area (TPSA) is 0 Å². The molecule has 0 heterocycles. The third-order valence-corrected chi connectivity index (χ3v) is 4.68. The van der Waals surface area contributed by atoms with Gasteiger partial charge in [0.05, 0.1) is 0 Å². The summed E-state index contributed by atoms with van der Waals surface area (Å²) in [5, 5.41) is 0. The van der Waals surface area contributed by atoms with Crippen molar-refractivity contribution in [2.45, 2.75) is 14.7 Å². The molecule has 16 heavy (non-hydrogen) atoms. The van der Waals surface area contributed by atoms with Crippen LogP contribution in [0.1, 0.15) is 0 Å². The standard InChI is InChI=1S/C14H16S2/c1-16(2)14-10-8-13(9-11-14)15-12-6-4-3-5-7-12/h3-11,16H,1-2H3. The summed E-state index contributed by atoms with van der Waals surface area (Å²) in [4.78, 5) is 4.07. The first-order chi connectivity index (χ1) is 7.75. The molecule has 0 saturated carbocycles. The molecular formula is C14H16S2. The van der Waals surface area contributed by atoms with Crippen LogP contribution in [0.3, 0.4) is 0 Å². The lowest BCUT2D eigenvalue weighted by molar-refractivity contribution is 1.34. The summed E-state index contributed by atoms with van der Waals surface area (Å²) in [7, 11) is 0.0235. The van der Waals surface area contributed by atoms with Crippen LogP contribution in [0.4, 0.5) is 0 Å². The van der Waals surface area contributed by atoms with Gasteiger partial charge in [-0.1, -0.05) is 30.0 Å². The van der Waals surface area contributed by atoms with Crippen molar-refractivity contribution in [3.8, 4) is 0 Å². The average Bonchev–Trinajstić information content (AvgIpc) is 2.31. The van der Waals surface area contributed by atoms with Crippen molar-refractivity contribution in [3.63, 3.8) is 0 Å². The lowest BCUT2D eigenvalue weighted by atomic mass is 10.4. The molecule has 0 aromatic heterocycles. The van der Waals surface area contributed by atoms with Gasteiger partial charge in [-0.05, 0) is 53.8 Å². The van der Waals surface area contributed by atoms with E-state index in [0.29, 0.717) is 0 Å². The lowest BCUT2D eigenvalue weighted by Crippen LogP contribution is -1.78. The second kappa shape index (κ2) is 5.46. The normalized spacial score (nSPS) is 11.2. The molecule has 0 bridgehead atoms. The van der Waals surface area contributed by atoms with Gasteiger partial charge in [-0.25, -0.2) is 10.9 Å². The van der Waals surface area contributed by atoms with Crippen molar-refractivity contribution >= 4 is 22.7 Å². The van der Waals surface area contributed by atoms with Crippen LogP contribution >= 0.6 is 22.7 Å². The van der Waals surface area contributed by atoms with Crippen molar-refractivity contribution < 1.29 is 0 Å². The van der Waals surface area contributed by atoms with E-state index in [9.17, 15) is 0 Å². The highest BCUT2D eigenvalue weighted by molar-refractivity contribution is 8.15. The second-order valence-corrected chi connectivity index (χ2v) is 7.26. The summed E-state index contributed by atoms with van der Waals surface area (Å²) in [6, 6.07) is 19.4. The molecule has 0 aliphatic heterocycles. The van der Waals surface area contributed by atoms with Gasteiger partial charge in [0, 0.05) is 9.79 Å². The fourth-order valence-corrected chi connectivity index (χ4v) is 3.02. The van der Waals surface area contributed by atoms with Crippen LogP contribution in [0.2, 0.25) is 0 Å². The molecule has 0 saturated heterocycles. The SMILES string of the molecule is C[SH](C)c1ccc(Sc2ccccc2)cc1. The van der Waals surface area contributed by atoms with Crippen molar-refractivity contribution in [3.05, 3.63) is 54.6 Å². The Hall–Kier alpha value is -0.860. The highest BCUT2D eigenvalue weighted by Crippen LogP contribution is 2.32. The molecular weight excluding hydrogens is 232 g/mol. The van der Waals surface area contributed by atoms with E-state index in [2.05, 4.69) is 67.1 Å². The molecule has 2 aromatic rings. The minimum Gasteiger partial charge on any atom is -0.233 e. The van der Waals surface area contributed by atoms with Gasteiger partial charge in [-0.2, -0.15) is 0 Å². The van der Waals surface area contributed by atoms with Crippen LogP contribution in [0, 0.1) is 0 Å². The van der Waals surface area contributed by atoms with E-state index in [-0.39, 0.29) is 10.9 Å². The molecule has 0 amide bonds. The maximum Gasteiger partial charge on any atom is 0.0123 e. The fraction of sp³-hybridized carbons (Fsp3) is 0.143. The molecule has 0 aliphatic carbocycles. The maximum absolute atomic E-state index is 2.29. The Morgan fingerprint density at radius 3 is 1.88 bits per heavy atom. The molecule has 0 atom stereocenters. The Kier molecular flexibility index (Phi) is 3.97. The lowest BCUT2D eigenvalue weighted by Gasteiger charge is -2.09. The number of rotatable bonds is 3. The average molecular weight is 248 g/mol. The largest absolute Gasteiger partial charge is 0.233 e. The zero-order valence-corrected chi connectivity index (χ0v) is 11.3. The summed E-state index contributed by atoms with van der Waals surface area (Å²) in [6.07, 6.45) is 4.57. The number of benzene rings is 2. The smallest absolute Gasteiger partial charge is 0.0123 e. The molecule has 2 heteroatoms. The quantitative estimate of drug-likeness (QED) is 0.783. The monoisotopic (exact) mass is 248 g/mol. The van der Waals surface area contributed by atoms with Crippen LogP contribution in [0.15, 0.2) is 69.3 Å². The van der Waals surface area contributed by atoms with Gasteiger partial charge < -0.3 is 0 Å². The second-order valence-electron chi connectivity index (χ2n) is 3.80. The zero-order chi connectivity index (χ0) is 11.4. The minimum absolute atomic E-state index is 0.0235. The molecule has 2 aromatic carbocycles. The van der Waals surface area contributed by atoms with Gasteiger partial charge in [0.15, 0.2) is 0 Å². The van der Waals surface area contributed by atoms with E-state index in [1.54, 1.807) is 0 Å². The van der Waals surface area contributed by atoms with Gasteiger partial charge in [0.1, 0.15) is 0 Å². The third kappa shape index (κ3) is 3.06. The van der Waals surface area contributed by atoms with Crippen LogP contribution in [0.25, 0.3) is 0 Å². The highest BCUT2D eigenvalue weighted by Gasteiger charge is 1.98. The van der Waals surface area contributed by atoms with Gasteiger partial charge >= 0.3 is 0 Å². The first-order valence-electron chi connectivity index (χ1n) is 5.26. The summed E-state index contributed by atoms with van der Waals surface area (Å²) < 4.78 is 0. The fourth-order valence-electron chi connectivity index (χ4n) is 1.44. The van der Waals surface area contributed by atoms with E-state index in [1.807, 2.05) is 11.8 Å². The number of hydrogen-bond donors (Lipinski definition) is 1. The maximum atomic E-state index is 2.29. The first-order valence-corrected chi connectivity index (χ1v) is 8.31. The van der Waals surface area contributed by atoms with Crippen LogP contribution < -0.4 is 0 Å². The van der Waals surface area contributed by atoms with Crippen molar-refractivity contribution in [2.24, 2.45) is 0 Å². The van der Waals surface area contributed by atoms with E-state index in [4.69, 9.17) is 0 Å². The van der Waals surface area contributed by atoms with E-state index >= 15 is 0 Å². The molecule has 0 nitrogen and oxygen atoms in total. The van der Waals surface area contributed by atoms with Crippen molar-refractivity contribution in [1.29, 1.82) is 0 Å². The molecule has 0 spiro atoms. The predicted molar refractivity (Wildman–Crippen MR) is 76.1 cm³/mol. The molecule has 0 radical (unpaired) electrons. The summed E-state index contributed by atoms with van der Waals surface area (Å²) in [6.45, 7) is 0. The van der Waals surface area contributed by atoms with Crippen molar-refractivity contribution in [1.82, 2.24) is 0 Å². The molecule has 0 aliphatic rings. The number of hydrogen-bond acceptors (Lipinski definition) is 1. The third-order valence-electron chi connectivity index (χ3n) is 2.33. The minimum atomic E-state index is 0.0235. The Labute approximate surface area is 104 Å². The highest BCUT2D eigenvalue weighted by atomic mass is 32.2. The molecule has 84 valence electrons. The van der Waals surface area contributed by atoms with Gasteiger partial charge in [-0.3, -0.25) is 0 Å². The number of thiol groups is 1. The van der Waals surface area contributed by atoms with E-state index < -0.39 is 0 Å². The van der Waals surface area contributed by atoms with Crippen LogP contribution in [-0.2, 0) is 0 Å². The van der Waals surface area contributed by atoms with Gasteiger partial charge in [-0.15, -0.1) is 0 Å². The predicted octanol–water partition coefficient (Wildman–Crippen LogP) is 4.46. The molecule has 0 fully saturated rings.